The van der Waals surface area contributed by atoms with E-state index in [1.54, 1.807) is 6.07 Å². The molecule has 6 heteroatoms. The monoisotopic (exact) mass is 370 g/mol. The van der Waals surface area contributed by atoms with E-state index >= 15 is 0 Å². The molecule has 0 atom stereocenters. The summed E-state index contributed by atoms with van der Waals surface area (Å²) in [7, 11) is 0. The first-order chi connectivity index (χ1) is 12.7. The van der Waals surface area contributed by atoms with Crippen LogP contribution < -0.4 is 4.90 Å². The van der Waals surface area contributed by atoms with Crippen LogP contribution in [0.15, 0.2) is 30.3 Å². The van der Waals surface area contributed by atoms with E-state index in [-0.39, 0.29) is 5.75 Å². The average molecular weight is 371 g/mol. The zero-order valence-electron chi connectivity index (χ0n) is 15.3. The summed E-state index contributed by atoms with van der Waals surface area (Å²) in [5.74, 6) is 4.35. The van der Waals surface area contributed by atoms with Crippen LogP contribution in [0.4, 0.5) is 5.82 Å². The zero-order valence-corrected chi connectivity index (χ0v) is 16.1. The van der Waals surface area contributed by atoms with E-state index in [9.17, 15) is 5.11 Å². The Morgan fingerprint density at radius 3 is 2.50 bits per heavy atom. The smallest absolute Gasteiger partial charge is 0.165 e. The summed E-state index contributed by atoms with van der Waals surface area (Å²) < 4.78 is 0. The fourth-order valence-electron chi connectivity index (χ4n) is 3.90. The molecule has 1 aromatic heterocycles. The van der Waals surface area contributed by atoms with Crippen LogP contribution >= 0.6 is 11.8 Å². The Morgan fingerprint density at radius 1 is 1.04 bits per heavy atom. The second-order valence-corrected chi connectivity index (χ2v) is 8.30. The lowest BCUT2D eigenvalue weighted by molar-refractivity contribution is 0.185. The van der Waals surface area contributed by atoms with Crippen LogP contribution in [-0.2, 0) is 0 Å². The quantitative estimate of drug-likeness (QED) is 0.896. The SMILES string of the molecule is Cc1cc(N2CCC(N3CCSCC3)CC2)nc(-c2ccccc2O)n1. The van der Waals surface area contributed by atoms with Gasteiger partial charge in [-0.15, -0.1) is 0 Å². The standard InChI is InChI=1S/C20H26N4OS/c1-15-14-19(22-20(21-15)17-4-2-3-5-18(17)25)24-8-6-16(7-9-24)23-10-12-26-13-11-23/h2-5,14,16,25H,6-13H2,1H3. The van der Waals surface area contributed by atoms with Gasteiger partial charge in [-0.05, 0) is 31.9 Å². The molecule has 26 heavy (non-hydrogen) atoms. The van der Waals surface area contributed by atoms with Crippen molar-refractivity contribution in [2.24, 2.45) is 0 Å². The summed E-state index contributed by atoms with van der Waals surface area (Å²) in [6, 6.07) is 10.0. The first kappa shape index (κ1) is 17.6. The maximum absolute atomic E-state index is 10.1. The number of aromatic hydroxyl groups is 1. The molecule has 3 heterocycles. The number of nitrogens with zero attached hydrogens (tertiary/aromatic N) is 4. The van der Waals surface area contributed by atoms with Crippen molar-refractivity contribution in [3.63, 3.8) is 0 Å². The third-order valence-corrected chi connectivity index (χ3v) is 6.28. The minimum absolute atomic E-state index is 0.228. The van der Waals surface area contributed by atoms with Crippen LogP contribution in [0.2, 0.25) is 0 Å². The number of piperidine rings is 1. The number of aromatic nitrogens is 2. The minimum Gasteiger partial charge on any atom is -0.507 e. The molecule has 1 N–H and O–H groups in total. The van der Waals surface area contributed by atoms with Gasteiger partial charge >= 0.3 is 0 Å². The van der Waals surface area contributed by atoms with E-state index in [1.165, 1.54) is 37.4 Å². The molecule has 2 aliphatic heterocycles. The molecule has 2 aliphatic rings. The highest BCUT2D eigenvalue weighted by atomic mass is 32.2. The Hall–Kier alpha value is -1.79. The largest absolute Gasteiger partial charge is 0.507 e. The first-order valence-corrected chi connectivity index (χ1v) is 10.6. The lowest BCUT2D eigenvalue weighted by Crippen LogP contribution is -2.48. The highest BCUT2D eigenvalue weighted by molar-refractivity contribution is 7.99. The minimum atomic E-state index is 0.228. The molecule has 0 saturated carbocycles. The van der Waals surface area contributed by atoms with E-state index < -0.39 is 0 Å². The third kappa shape index (κ3) is 3.81. The van der Waals surface area contributed by atoms with E-state index in [0.29, 0.717) is 17.4 Å². The summed E-state index contributed by atoms with van der Waals surface area (Å²) in [4.78, 5) is 14.3. The second kappa shape index (κ2) is 7.84. The summed E-state index contributed by atoms with van der Waals surface area (Å²) in [5.41, 5.74) is 1.63. The van der Waals surface area contributed by atoms with Gasteiger partial charge in [0.25, 0.3) is 0 Å². The van der Waals surface area contributed by atoms with E-state index in [4.69, 9.17) is 4.98 Å². The zero-order chi connectivity index (χ0) is 17.9. The number of rotatable bonds is 3. The number of benzene rings is 1. The average Bonchev–Trinajstić information content (AvgIpc) is 2.69. The highest BCUT2D eigenvalue weighted by Gasteiger charge is 2.26. The number of hydrogen-bond donors (Lipinski definition) is 1. The van der Waals surface area contributed by atoms with E-state index in [0.717, 1.165) is 24.6 Å². The van der Waals surface area contributed by atoms with E-state index in [1.807, 2.05) is 25.1 Å². The number of aryl methyl sites for hydroxylation is 1. The van der Waals surface area contributed by atoms with Gasteiger partial charge in [0.05, 0.1) is 5.56 Å². The maximum Gasteiger partial charge on any atom is 0.165 e. The van der Waals surface area contributed by atoms with Gasteiger partial charge < -0.3 is 10.0 Å². The van der Waals surface area contributed by atoms with Crippen molar-refractivity contribution in [2.75, 3.05) is 42.6 Å². The Kier molecular flexibility index (Phi) is 5.31. The van der Waals surface area contributed by atoms with Crippen molar-refractivity contribution in [1.29, 1.82) is 0 Å². The Labute approximate surface area is 159 Å². The Bertz CT molecular complexity index is 755. The maximum atomic E-state index is 10.1. The Morgan fingerprint density at radius 2 is 1.77 bits per heavy atom. The van der Waals surface area contributed by atoms with Crippen molar-refractivity contribution >= 4 is 17.6 Å². The van der Waals surface area contributed by atoms with Crippen molar-refractivity contribution in [1.82, 2.24) is 14.9 Å². The molecular weight excluding hydrogens is 344 g/mol. The molecule has 0 aliphatic carbocycles. The molecule has 1 aromatic carbocycles. The molecule has 2 saturated heterocycles. The van der Waals surface area contributed by atoms with Gasteiger partial charge in [0.15, 0.2) is 5.82 Å². The van der Waals surface area contributed by atoms with Gasteiger partial charge in [-0.1, -0.05) is 12.1 Å². The molecule has 5 nitrogen and oxygen atoms in total. The number of phenols is 1. The van der Waals surface area contributed by atoms with Gasteiger partial charge in [-0.3, -0.25) is 4.90 Å². The predicted octanol–water partition coefficient (Wildman–Crippen LogP) is 3.18. The number of anilines is 1. The third-order valence-electron chi connectivity index (χ3n) is 5.34. The van der Waals surface area contributed by atoms with Gasteiger partial charge in [0.2, 0.25) is 0 Å². The topological polar surface area (TPSA) is 52.5 Å². The number of hydrogen-bond acceptors (Lipinski definition) is 6. The molecule has 0 spiro atoms. The molecule has 0 amide bonds. The van der Waals surface area contributed by atoms with Crippen LogP contribution in [0, 0.1) is 6.92 Å². The van der Waals surface area contributed by atoms with Gasteiger partial charge in [0.1, 0.15) is 11.6 Å². The molecule has 2 fully saturated rings. The van der Waals surface area contributed by atoms with Crippen LogP contribution in [0.25, 0.3) is 11.4 Å². The molecule has 138 valence electrons. The van der Waals surface area contributed by atoms with Crippen LogP contribution in [0.5, 0.6) is 5.75 Å². The number of thioether (sulfide) groups is 1. The lowest BCUT2D eigenvalue weighted by Gasteiger charge is -2.40. The van der Waals surface area contributed by atoms with Gasteiger partial charge in [-0.2, -0.15) is 11.8 Å². The predicted molar refractivity (Wildman–Crippen MR) is 108 cm³/mol. The van der Waals surface area contributed by atoms with Crippen molar-refractivity contribution in [3.05, 3.63) is 36.0 Å². The molecule has 0 unspecified atom stereocenters. The highest BCUT2D eigenvalue weighted by Crippen LogP contribution is 2.29. The summed E-state index contributed by atoms with van der Waals surface area (Å²) in [6.07, 6.45) is 2.39. The fourth-order valence-corrected chi connectivity index (χ4v) is 4.83. The molecule has 4 rings (SSSR count). The van der Waals surface area contributed by atoms with Crippen LogP contribution in [-0.4, -0.2) is 63.7 Å². The molecule has 2 aromatic rings. The van der Waals surface area contributed by atoms with Crippen molar-refractivity contribution in [2.45, 2.75) is 25.8 Å². The lowest BCUT2D eigenvalue weighted by atomic mass is 10.0. The first-order valence-electron chi connectivity index (χ1n) is 9.41. The summed E-state index contributed by atoms with van der Waals surface area (Å²) >= 11 is 2.07. The van der Waals surface area contributed by atoms with Crippen LogP contribution in [0.3, 0.4) is 0 Å². The molecular formula is C20H26N4OS. The van der Waals surface area contributed by atoms with Gasteiger partial charge in [0, 0.05) is 55.5 Å². The van der Waals surface area contributed by atoms with Gasteiger partial charge in [-0.25, -0.2) is 9.97 Å². The molecule has 0 radical (unpaired) electrons. The number of para-hydroxylation sites is 1. The molecule has 0 bridgehead atoms. The summed E-state index contributed by atoms with van der Waals surface area (Å²) in [6.45, 7) is 6.53. The van der Waals surface area contributed by atoms with E-state index in [2.05, 4.69) is 32.6 Å². The Balaban J connectivity index is 1.49. The number of phenolic OH excluding ortho intramolecular Hbond substituents is 1. The van der Waals surface area contributed by atoms with Crippen molar-refractivity contribution < 1.29 is 5.11 Å². The summed E-state index contributed by atoms with van der Waals surface area (Å²) in [5, 5.41) is 10.1. The van der Waals surface area contributed by atoms with Crippen molar-refractivity contribution in [3.8, 4) is 17.1 Å². The normalized spacial score (nSPS) is 19.7. The van der Waals surface area contributed by atoms with Crippen LogP contribution in [0.1, 0.15) is 18.5 Å². The fraction of sp³-hybridized carbons (Fsp3) is 0.500. The second-order valence-electron chi connectivity index (χ2n) is 7.07.